The van der Waals surface area contributed by atoms with Gasteiger partial charge in [0.1, 0.15) is 5.82 Å². The fourth-order valence-corrected chi connectivity index (χ4v) is 4.07. The van der Waals surface area contributed by atoms with E-state index < -0.39 is 5.97 Å². The summed E-state index contributed by atoms with van der Waals surface area (Å²) in [6.07, 6.45) is 5.67. The van der Waals surface area contributed by atoms with E-state index in [0.29, 0.717) is 19.6 Å². The number of rotatable bonds is 11. The largest absolute Gasteiger partial charge is 0.481 e. The number of nitrogens with zero attached hydrogens (tertiary/aromatic N) is 2. The standard InChI is InChI=1S/C24H32N4O3/c29-23(27-14-6-1-5-12-25-22-10-4-7-13-26-22)18-28-15-11-19-8-2-3-9-21(19)20(17-28)16-24(30)31/h2-4,7-10,13,20H,1,5-6,11-12,14-18H2,(H,25,26)(H,27,29)(H,30,31). The molecule has 31 heavy (non-hydrogen) atoms. The average molecular weight is 425 g/mol. The zero-order chi connectivity index (χ0) is 21.9. The van der Waals surface area contributed by atoms with Gasteiger partial charge in [0.15, 0.2) is 0 Å². The number of aromatic nitrogens is 1. The predicted octanol–water partition coefficient (Wildman–Crippen LogP) is 2.90. The Morgan fingerprint density at radius 1 is 1.06 bits per heavy atom. The molecule has 1 aromatic heterocycles. The Hall–Kier alpha value is -2.93. The molecule has 7 nitrogen and oxygen atoms in total. The zero-order valence-electron chi connectivity index (χ0n) is 17.9. The summed E-state index contributed by atoms with van der Waals surface area (Å²) in [5.41, 5.74) is 2.29. The number of hydrogen-bond acceptors (Lipinski definition) is 5. The molecule has 7 heteroatoms. The Morgan fingerprint density at radius 3 is 2.68 bits per heavy atom. The minimum absolute atomic E-state index is 0.00615. The molecule has 1 aromatic carbocycles. The fourth-order valence-electron chi connectivity index (χ4n) is 4.07. The summed E-state index contributed by atoms with van der Waals surface area (Å²) in [4.78, 5) is 30.1. The van der Waals surface area contributed by atoms with Crippen LogP contribution < -0.4 is 10.6 Å². The van der Waals surface area contributed by atoms with E-state index >= 15 is 0 Å². The molecule has 3 N–H and O–H groups in total. The molecule has 1 amide bonds. The molecule has 3 rings (SSSR count). The monoisotopic (exact) mass is 424 g/mol. The molecule has 0 fully saturated rings. The molecule has 0 bridgehead atoms. The van der Waals surface area contributed by atoms with E-state index in [9.17, 15) is 14.7 Å². The third kappa shape index (κ3) is 7.68. The number of nitrogens with one attached hydrogen (secondary N) is 2. The van der Waals surface area contributed by atoms with Crippen molar-refractivity contribution in [3.05, 3.63) is 59.8 Å². The van der Waals surface area contributed by atoms with Crippen molar-refractivity contribution in [2.75, 3.05) is 38.0 Å². The van der Waals surface area contributed by atoms with Crippen LogP contribution in [0.2, 0.25) is 0 Å². The van der Waals surface area contributed by atoms with Crippen molar-refractivity contribution in [2.45, 2.75) is 38.0 Å². The van der Waals surface area contributed by atoms with Crippen LogP contribution >= 0.6 is 0 Å². The van der Waals surface area contributed by atoms with Gasteiger partial charge in [0.2, 0.25) is 5.91 Å². The lowest BCUT2D eigenvalue weighted by molar-refractivity contribution is -0.137. The number of pyridine rings is 1. The lowest BCUT2D eigenvalue weighted by Crippen LogP contribution is -2.39. The average Bonchev–Trinajstić information content (AvgIpc) is 2.93. The van der Waals surface area contributed by atoms with Crippen molar-refractivity contribution in [3.63, 3.8) is 0 Å². The summed E-state index contributed by atoms with van der Waals surface area (Å²) in [7, 11) is 0. The van der Waals surface area contributed by atoms with Gasteiger partial charge in [0.25, 0.3) is 0 Å². The highest BCUT2D eigenvalue weighted by Crippen LogP contribution is 2.28. The Morgan fingerprint density at radius 2 is 1.87 bits per heavy atom. The molecule has 2 heterocycles. The van der Waals surface area contributed by atoms with Gasteiger partial charge in [-0.15, -0.1) is 0 Å². The molecule has 0 spiro atoms. The van der Waals surface area contributed by atoms with Crippen LogP contribution in [0.3, 0.4) is 0 Å². The molecule has 1 aliphatic rings. The van der Waals surface area contributed by atoms with Crippen LogP contribution in [0.4, 0.5) is 5.82 Å². The Bertz CT molecular complexity index is 844. The van der Waals surface area contributed by atoms with Crippen molar-refractivity contribution in [1.29, 1.82) is 0 Å². The number of anilines is 1. The number of aliphatic carboxylic acids is 1. The number of hydrogen-bond donors (Lipinski definition) is 3. The lowest BCUT2D eigenvalue weighted by Gasteiger charge is -2.23. The number of amides is 1. The SMILES string of the molecule is O=C(O)CC1CN(CC(=O)NCCCCCNc2ccccn2)CCc2ccccc21. The topological polar surface area (TPSA) is 94.6 Å². The first-order valence-electron chi connectivity index (χ1n) is 11.1. The normalized spacial score (nSPS) is 16.2. The van der Waals surface area contributed by atoms with Crippen LogP contribution in [0.25, 0.3) is 0 Å². The first-order valence-corrected chi connectivity index (χ1v) is 11.1. The number of benzene rings is 1. The van der Waals surface area contributed by atoms with Crippen LogP contribution in [-0.2, 0) is 16.0 Å². The van der Waals surface area contributed by atoms with Gasteiger partial charge in [0.05, 0.1) is 13.0 Å². The molecule has 0 saturated carbocycles. The number of fused-ring (bicyclic) bond motifs is 1. The molecular formula is C24H32N4O3. The van der Waals surface area contributed by atoms with Crippen LogP contribution in [-0.4, -0.2) is 59.6 Å². The van der Waals surface area contributed by atoms with Crippen molar-refractivity contribution >= 4 is 17.7 Å². The van der Waals surface area contributed by atoms with E-state index in [0.717, 1.165) is 50.2 Å². The van der Waals surface area contributed by atoms with Gasteiger partial charge in [0, 0.05) is 38.3 Å². The van der Waals surface area contributed by atoms with Crippen LogP contribution in [0.15, 0.2) is 48.7 Å². The molecule has 0 radical (unpaired) electrons. The van der Waals surface area contributed by atoms with E-state index in [1.807, 2.05) is 36.4 Å². The number of unbranched alkanes of at least 4 members (excludes halogenated alkanes) is 2. The predicted molar refractivity (Wildman–Crippen MR) is 121 cm³/mol. The molecule has 1 unspecified atom stereocenters. The van der Waals surface area contributed by atoms with Crippen LogP contribution in [0.5, 0.6) is 0 Å². The van der Waals surface area contributed by atoms with E-state index in [2.05, 4.69) is 26.6 Å². The molecule has 2 aromatic rings. The summed E-state index contributed by atoms with van der Waals surface area (Å²) >= 11 is 0. The number of carboxylic acids is 1. The minimum Gasteiger partial charge on any atom is -0.481 e. The third-order valence-corrected chi connectivity index (χ3v) is 5.61. The highest BCUT2D eigenvalue weighted by molar-refractivity contribution is 5.78. The first kappa shape index (κ1) is 22.7. The summed E-state index contributed by atoms with van der Waals surface area (Å²) < 4.78 is 0. The minimum atomic E-state index is -0.802. The smallest absolute Gasteiger partial charge is 0.304 e. The lowest BCUT2D eigenvalue weighted by atomic mass is 9.91. The maximum Gasteiger partial charge on any atom is 0.304 e. The summed E-state index contributed by atoms with van der Waals surface area (Å²) in [5, 5.41) is 15.6. The Kier molecular flexibility index (Phi) is 8.84. The van der Waals surface area contributed by atoms with Crippen molar-refractivity contribution in [3.8, 4) is 0 Å². The second-order valence-corrected chi connectivity index (χ2v) is 8.03. The maximum absolute atomic E-state index is 12.4. The highest BCUT2D eigenvalue weighted by atomic mass is 16.4. The molecule has 0 saturated heterocycles. The Balaban J connectivity index is 1.35. The van der Waals surface area contributed by atoms with E-state index in [1.165, 1.54) is 5.56 Å². The first-order chi connectivity index (χ1) is 15.1. The molecule has 1 aliphatic heterocycles. The number of carbonyl (C=O) groups is 2. The summed E-state index contributed by atoms with van der Waals surface area (Å²) in [6.45, 7) is 3.19. The second kappa shape index (κ2) is 12.1. The van der Waals surface area contributed by atoms with Gasteiger partial charge >= 0.3 is 5.97 Å². The van der Waals surface area contributed by atoms with Gasteiger partial charge in [-0.25, -0.2) is 4.98 Å². The highest BCUT2D eigenvalue weighted by Gasteiger charge is 2.25. The zero-order valence-corrected chi connectivity index (χ0v) is 17.9. The second-order valence-electron chi connectivity index (χ2n) is 8.03. The van der Waals surface area contributed by atoms with Gasteiger partial charge in [-0.05, 0) is 48.9 Å². The van der Waals surface area contributed by atoms with Crippen molar-refractivity contribution in [1.82, 2.24) is 15.2 Å². The molecule has 166 valence electrons. The Labute approximate surface area is 183 Å². The van der Waals surface area contributed by atoms with Gasteiger partial charge in [-0.2, -0.15) is 0 Å². The summed E-state index contributed by atoms with van der Waals surface area (Å²) in [6, 6.07) is 13.8. The molecular weight excluding hydrogens is 392 g/mol. The van der Waals surface area contributed by atoms with Gasteiger partial charge < -0.3 is 15.7 Å². The number of carboxylic acid groups (broad SMARTS) is 1. The third-order valence-electron chi connectivity index (χ3n) is 5.61. The van der Waals surface area contributed by atoms with Gasteiger partial charge in [-0.1, -0.05) is 30.3 Å². The number of carbonyl (C=O) groups excluding carboxylic acids is 1. The quantitative estimate of drug-likeness (QED) is 0.480. The van der Waals surface area contributed by atoms with Crippen LogP contribution in [0.1, 0.15) is 42.7 Å². The fraction of sp³-hybridized carbons (Fsp3) is 0.458. The maximum atomic E-state index is 12.4. The van der Waals surface area contributed by atoms with Crippen molar-refractivity contribution in [2.24, 2.45) is 0 Å². The van der Waals surface area contributed by atoms with Crippen LogP contribution in [0, 0.1) is 0 Å². The van der Waals surface area contributed by atoms with Gasteiger partial charge in [-0.3, -0.25) is 14.5 Å². The van der Waals surface area contributed by atoms with E-state index in [1.54, 1.807) is 6.20 Å². The van der Waals surface area contributed by atoms with Crippen molar-refractivity contribution < 1.29 is 14.7 Å². The molecule has 0 aliphatic carbocycles. The summed E-state index contributed by atoms with van der Waals surface area (Å²) in [5.74, 6) is 0.00231. The molecule has 1 atom stereocenters. The van der Waals surface area contributed by atoms with E-state index in [-0.39, 0.29) is 18.2 Å². The van der Waals surface area contributed by atoms with E-state index in [4.69, 9.17) is 0 Å².